The molecule has 3 atom stereocenters. The summed E-state index contributed by atoms with van der Waals surface area (Å²) in [7, 11) is 3.32. The Bertz CT molecular complexity index is 839. The van der Waals surface area contributed by atoms with E-state index in [-0.39, 0.29) is 11.7 Å². The van der Waals surface area contributed by atoms with E-state index in [1.165, 1.54) is 17.7 Å². The first kappa shape index (κ1) is 23.1. The standard InChI is InChI=1S/C25H32BrFO3/c1-17(16-26)7-8-18(2)25(20-9-11-21(27)12-10-20)22-15-24(29-4)23(28-3)14-19(22)6-5-13-30-25/h9-12,14-15,17-18H,5-8,13,16H2,1-4H3. The Morgan fingerprint density at radius 3 is 2.37 bits per heavy atom. The van der Waals surface area contributed by atoms with Crippen LogP contribution in [0.3, 0.4) is 0 Å². The second-order valence-electron chi connectivity index (χ2n) is 8.30. The SMILES string of the molecule is COc1cc2c(cc1OC)C(c1ccc(F)cc1)(C(C)CCC(C)CBr)OCCC2. The lowest BCUT2D eigenvalue weighted by Crippen LogP contribution is -2.39. The van der Waals surface area contributed by atoms with Crippen molar-refractivity contribution in [3.63, 3.8) is 0 Å². The van der Waals surface area contributed by atoms with Crippen LogP contribution >= 0.6 is 15.9 Å². The van der Waals surface area contributed by atoms with Gasteiger partial charge in [-0.25, -0.2) is 4.39 Å². The van der Waals surface area contributed by atoms with Crippen molar-refractivity contribution in [2.24, 2.45) is 11.8 Å². The molecule has 0 saturated heterocycles. The molecular formula is C25H32BrFO3. The molecule has 1 aliphatic heterocycles. The predicted octanol–water partition coefficient (Wildman–Crippen LogP) is 6.50. The van der Waals surface area contributed by atoms with Gasteiger partial charge < -0.3 is 14.2 Å². The molecule has 3 nitrogen and oxygen atoms in total. The molecule has 0 aliphatic carbocycles. The summed E-state index contributed by atoms with van der Waals surface area (Å²) in [6, 6.07) is 10.9. The number of methoxy groups -OCH3 is 2. The number of alkyl halides is 1. The van der Waals surface area contributed by atoms with Crippen LogP contribution in [-0.2, 0) is 16.8 Å². The van der Waals surface area contributed by atoms with Crippen LogP contribution in [0.5, 0.6) is 11.5 Å². The zero-order valence-electron chi connectivity index (χ0n) is 18.3. The summed E-state index contributed by atoms with van der Waals surface area (Å²) in [5.74, 6) is 1.95. The van der Waals surface area contributed by atoms with Gasteiger partial charge >= 0.3 is 0 Å². The summed E-state index contributed by atoms with van der Waals surface area (Å²) in [6.07, 6.45) is 3.92. The Morgan fingerprint density at radius 2 is 1.73 bits per heavy atom. The highest BCUT2D eigenvalue weighted by atomic mass is 79.9. The number of benzene rings is 2. The summed E-state index contributed by atoms with van der Waals surface area (Å²) >= 11 is 3.60. The van der Waals surface area contributed by atoms with Crippen molar-refractivity contribution in [3.8, 4) is 11.5 Å². The maximum Gasteiger partial charge on any atom is 0.161 e. The summed E-state index contributed by atoms with van der Waals surface area (Å²) in [5, 5.41) is 0.978. The van der Waals surface area contributed by atoms with Gasteiger partial charge in [-0.2, -0.15) is 0 Å². The lowest BCUT2D eigenvalue weighted by atomic mass is 9.72. The molecule has 1 aliphatic rings. The van der Waals surface area contributed by atoms with Gasteiger partial charge in [0.15, 0.2) is 11.5 Å². The molecule has 1 heterocycles. The number of ether oxygens (including phenoxy) is 3. The summed E-state index contributed by atoms with van der Waals surface area (Å²) in [6.45, 7) is 5.15. The van der Waals surface area contributed by atoms with Crippen LogP contribution in [0.4, 0.5) is 4.39 Å². The first-order valence-electron chi connectivity index (χ1n) is 10.7. The summed E-state index contributed by atoms with van der Waals surface area (Å²) < 4.78 is 31.7. The molecule has 5 heteroatoms. The molecule has 2 aromatic carbocycles. The third-order valence-electron chi connectivity index (χ3n) is 6.25. The van der Waals surface area contributed by atoms with Crippen LogP contribution in [0.25, 0.3) is 0 Å². The zero-order valence-corrected chi connectivity index (χ0v) is 19.9. The molecular weight excluding hydrogens is 447 g/mol. The number of halogens is 2. The minimum atomic E-state index is -0.662. The number of fused-ring (bicyclic) bond motifs is 1. The highest BCUT2D eigenvalue weighted by Crippen LogP contribution is 2.48. The highest BCUT2D eigenvalue weighted by Gasteiger charge is 2.44. The molecule has 30 heavy (non-hydrogen) atoms. The molecule has 0 aromatic heterocycles. The third-order valence-corrected chi connectivity index (χ3v) is 7.36. The van der Waals surface area contributed by atoms with Crippen LogP contribution in [0.2, 0.25) is 0 Å². The van der Waals surface area contributed by atoms with E-state index in [4.69, 9.17) is 14.2 Å². The normalized spacial score (nSPS) is 20.7. The lowest BCUT2D eigenvalue weighted by Gasteiger charge is -2.41. The highest BCUT2D eigenvalue weighted by molar-refractivity contribution is 9.09. The van der Waals surface area contributed by atoms with E-state index in [9.17, 15) is 4.39 Å². The molecule has 164 valence electrons. The fraction of sp³-hybridized carbons (Fsp3) is 0.520. The fourth-order valence-corrected chi connectivity index (χ4v) is 4.81. The molecule has 2 aromatic rings. The van der Waals surface area contributed by atoms with Gasteiger partial charge in [0.1, 0.15) is 11.4 Å². The van der Waals surface area contributed by atoms with Crippen molar-refractivity contribution < 1.29 is 18.6 Å². The van der Waals surface area contributed by atoms with Crippen LogP contribution in [0.1, 0.15) is 49.8 Å². The molecule has 0 saturated carbocycles. The molecule has 0 bridgehead atoms. The smallest absolute Gasteiger partial charge is 0.161 e. The van der Waals surface area contributed by atoms with E-state index in [1.54, 1.807) is 14.2 Å². The predicted molar refractivity (Wildman–Crippen MR) is 122 cm³/mol. The van der Waals surface area contributed by atoms with Gasteiger partial charge in [0.2, 0.25) is 0 Å². The van der Waals surface area contributed by atoms with Gasteiger partial charge in [0.05, 0.1) is 14.2 Å². The van der Waals surface area contributed by atoms with E-state index in [2.05, 4.69) is 41.9 Å². The Kier molecular flexibility index (Phi) is 7.81. The summed E-state index contributed by atoms with van der Waals surface area (Å²) in [5.41, 5.74) is 2.63. The van der Waals surface area contributed by atoms with E-state index < -0.39 is 5.60 Å². The minimum absolute atomic E-state index is 0.194. The second-order valence-corrected chi connectivity index (χ2v) is 8.94. The maximum atomic E-state index is 13.8. The Balaban J connectivity index is 2.19. The Morgan fingerprint density at radius 1 is 1.07 bits per heavy atom. The topological polar surface area (TPSA) is 27.7 Å². The Hall–Kier alpha value is -1.59. The monoisotopic (exact) mass is 478 g/mol. The van der Waals surface area contributed by atoms with Gasteiger partial charge in [-0.15, -0.1) is 0 Å². The second kappa shape index (κ2) is 10.1. The molecule has 0 amide bonds. The summed E-state index contributed by atoms with van der Waals surface area (Å²) in [4.78, 5) is 0. The zero-order chi connectivity index (χ0) is 21.7. The molecule has 3 unspecified atom stereocenters. The fourth-order valence-electron chi connectivity index (χ4n) is 4.49. The van der Waals surface area contributed by atoms with Gasteiger partial charge in [-0.1, -0.05) is 41.9 Å². The van der Waals surface area contributed by atoms with Crippen molar-refractivity contribution in [2.75, 3.05) is 26.2 Å². The van der Waals surface area contributed by atoms with E-state index >= 15 is 0 Å². The van der Waals surface area contributed by atoms with Gasteiger partial charge in [0, 0.05) is 11.9 Å². The van der Waals surface area contributed by atoms with Gasteiger partial charge in [-0.05, 0) is 78.5 Å². The van der Waals surface area contributed by atoms with Crippen molar-refractivity contribution in [2.45, 2.75) is 45.1 Å². The number of aryl methyl sites for hydroxylation is 1. The molecule has 0 radical (unpaired) electrons. The van der Waals surface area contributed by atoms with Crippen LogP contribution in [0.15, 0.2) is 36.4 Å². The first-order valence-corrected chi connectivity index (χ1v) is 11.8. The van der Waals surface area contributed by atoms with Gasteiger partial charge in [-0.3, -0.25) is 0 Å². The average Bonchev–Trinajstić information content (AvgIpc) is 2.96. The Labute approximate surface area is 188 Å². The van der Waals surface area contributed by atoms with E-state index in [0.29, 0.717) is 18.3 Å². The van der Waals surface area contributed by atoms with Crippen LogP contribution in [0, 0.1) is 17.7 Å². The molecule has 0 spiro atoms. The number of rotatable bonds is 8. The quantitative estimate of drug-likeness (QED) is 0.405. The van der Waals surface area contributed by atoms with Crippen molar-refractivity contribution in [1.82, 2.24) is 0 Å². The molecule has 3 rings (SSSR count). The van der Waals surface area contributed by atoms with Crippen molar-refractivity contribution in [3.05, 3.63) is 58.9 Å². The molecule has 0 N–H and O–H groups in total. The minimum Gasteiger partial charge on any atom is -0.493 e. The van der Waals surface area contributed by atoms with Crippen molar-refractivity contribution in [1.29, 1.82) is 0 Å². The third kappa shape index (κ3) is 4.52. The van der Waals surface area contributed by atoms with Crippen molar-refractivity contribution >= 4 is 15.9 Å². The lowest BCUT2D eigenvalue weighted by molar-refractivity contribution is -0.0575. The van der Waals surface area contributed by atoms with Crippen LogP contribution in [-0.4, -0.2) is 26.2 Å². The van der Waals surface area contributed by atoms with Gasteiger partial charge in [0.25, 0.3) is 0 Å². The molecule has 0 fully saturated rings. The first-order chi connectivity index (χ1) is 14.5. The maximum absolute atomic E-state index is 13.8. The van der Waals surface area contributed by atoms with Crippen LogP contribution < -0.4 is 9.47 Å². The van der Waals surface area contributed by atoms with E-state index in [0.717, 1.165) is 47.9 Å². The number of hydrogen-bond donors (Lipinski definition) is 0. The van der Waals surface area contributed by atoms with E-state index in [1.807, 2.05) is 12.1 Å². The largest absolute Gasteiger partial charge is 0.493 e. The average molecular weight is 479 g/mol. The number of hydrogen-bond acceptors (Lipinski definition) is 3.